The van der Waals surface area contributed by atoms with Gasteiger partial charge in [0.25, 0.3) is 0 Å². The monoisotopic (exact) mass is 247 g/mol. The second-order valence-corrected chi connectivity index (χ2v) is 4.73. The molecule has 1 aromatic carbocycles. The van der Waals surface area contributed by atoms with Crippen LogP contribution in [0.1, 0.15) is 37.2 Å². The second-order valence-electron chi connectivity index (χ2n) is 4.29. The topological polar surface area (TPSA) is 50.4 Å². The second kappa shape index (κ2) is 5.77. The molecule has 3 nitrogen and oxygen atoms in total. The summed E-state index contributed by atoms with van der Waals surface area (Å²) in [6.07, 6.45) is 4.63. The molecule has 0 aromatic heterocycles. The highest BCUT2D eigenvalue weighted by Gasteiger charge is 2.21. The molecule has 0 bridgehead atoms. The molecule has 2 rings (SSSR count). The first kappa shape index (κ1) is 12.0. The minimum absolute atomic E-state index is 0.231. The van der Waals surface area contributed by atoms with E-state index in [1.807, 2.05) is 6.07 Å². The van der Waals surface area contributed by atoms with Crippen LogP contribution >= 0.6 is 12.2 Å². The van der Waals surface area contributed by atoms with Crippen molar-refractivity contribution in [3.8, 4) is 0 Å². The van der Waals surface area contributed by atoms with E-state index in [9.17, 15) is 0 Å². The first-order valence-electron chi connectivity index (χ1n) is 5.94. The van der Waals surface area contributed by atoms with Crippen molar-refractivity contribution in [1.29, 1.82) is 0 Å². The summed E-state index contributed by atoms with van der Waals surface area (Å²) in [5.41, 5.74) is 10.6. The van der Waals surface area contributed by atoms with E-state index < -0.39 is 0 Å². The Labute approximate surface area is 107 Å². The van der Waals surface area contributed by atoms with Crippen molar-refractivity contribution >= 4 is 23.0 Å². The molecular weight excluding hydrogens is 230 g/mol. The van der Waals surface area contributed by atoms with Crippen molar-refractivity contribution in [1.82, 2.24) is 5.43 Å². The van der Waals surface area contributed by atoms with Crippen molar-refractivity contribution in [2.75, 3.05) is 0 Å². The molecule has 0 radical (unpaired) electrons. The molecule has 0 heterocycles. The summed E-state index contributed by atoms with van der Waals surface area (Å²) in [4.78, 5) is 0. The molecule has 0 aliphatic heterocycles. The van der Waals surface area contributed by atoms with E-state index in [4.69, 9.17) is 18.0 Å². The van der Waals surface area contributed by atoms with Crippen molar-refractivity contribution in [3.05, 3.63) is 35.9 Å². The van der Waals surface area contributed by atoms with Crippen molar-refractivity contribution in [2.45, 2.75) is 31.6 Å². The maximum absolute atomic E-state index is 5.41. The highest BCUT2D eigenvalue weighted by molar-refractivity contribution is 7.80. The minimum atomic E-state index is 0.231. The van der Waals surface area contributed by atoms with Gasteiger partial charge in [0.1, 0.15) is 0 Å². The summed E-state index contributed by atoms with van der Waals surface area (Å²) < 4.78 is 0. The minimum Gasteiger partial charge on any atom is -0.375 e. The molecule has 1 aromatic rings. The Morgan fingerprint density at radius 2 is 2.06 bits per heavy atom. The molecule has 17 heavy (non-hydrogen) atoms. The predicted molar refractivity (Wildman–Crippen MR) is 75.0 cm³/mol. The third-order valence-electron chi connectivity index (χ3n) is 3.09. The Bertz CT molecular complexity index is 414. The van der Waals surface area contributed by atoms with E-state index >= 15 is 0 Å². The average Bonchev–Trinajstić information content (AvgIpc) is 2.38. The fraction of sp³-hybridized carbons (Fsp3) is 0.385. The largest absolute Gasteiger partial charge is 0.375 e. The summed E-state index contributed by atoms with van der Waals surface area (Å²) in [5, 5.41) is 4.57. The van der Waals surface area contributed by atoms with Gasteiger partial charge in [-0.1, -0.05) is 36.8 Å². The van der Waals surface area contributed by atoms with Gasteiger partial charge in [-0.15, -0.1) is 0 Å². The van der Waals surface area contributed by atoms with Crippen LogP contribution in [0.4, 0.5) is 0 Å². The molecule has 1 aliphatic carbocycles. The van der Waals surface area contributed by atoms with Crippen LogP contribution in [0.5, 0.6) is 0 Å². The van der Waals surface area contributed by atoms with Crippen LogP contribution < -0.4 is 11.2 Å². The zero-order valence-corrected chi connectivity index (χ0v) is 10.5. The van der Waals surface area contributed by atoms with Crippen molar-refractivity contribution in [3.63, 3.8) is 0 Å². The lowest BCUT2D eigenvalue weighted by atomic mass is 9.82. The summed E-state index contributed by atoms with van der Waals surface area (Å²) in [7, 11) is 0. The number of nitrogens with one attached hydrogen (secondary N) is 1. The van der Waals surface area contributed by atoms with E-state index in [0.29, 0.717) is 5.92 Å². The van der Waals surface area contributed by atoms with E-state index in [2.05, 4.69) is 34.8 Å². The van der Waals surface area contributed by atoms with Crippen molar-refractivity contribution in [2.24, 2.45) is 10.8 Å². The third-order valence-corrected chi connectivity index (χ3v) is 3.18. The number of nitrogens with zero attached hydrogens (tertiary/aromatic N) is 1. The first-order chi connectivity index (χ1) is 8.27. The van der Waals surface area contributed by atoms with E-state index in [-0.39, 0.29) is 5.11 Å². The fourth-order valence-electron chi connectivity index (χ4n) is 2.30. The van der Waals surface area contributed by atoms with Crippen LogP contribution in [0.3, 0.4) is 0 Å². The lowest BCUT2D eigenvalue weighted by molar-refractivity contribution is 0.608. The molecule has 90 valence electrons. The number of hydrazone groups is 1. The number of benzene rings is 1. The molecule has 0 saturated heterocycles. The number of hydrogen-bond donors (Lipinski definition) is 2. The highest BCUT2D eigenvalue weighted by Crippen LogP contribution is 2.30. The highest BCUT2D eigenvalue weighted by atomic mass is 32.1. The molecular formula is C13H17N3S. The van der Waals surface area contributed by atoms with E-state index in [1.165, 1.54) is 18.4 Å². The Hall–Kier alpha value is -1.42. The maximum atomic E-state index is 5.41. The first-order valence-corrected chi connectivity index (χ1v) is 6.35. The number of thiocarbonyl (C=S) groups is 1. The Balaban J connectivity index is 2.18. The predicted octanol–water partition coefficient (Wildman–Crippen LogP) is 2.53. The van der Waals surface area contributed by atoms with Gasteiger partial charge in [-0.05, 0) is 37.0 Å². The SMILES string of the molecule is NC(=S)N/N=C1/CCCCC1c1ccccc1. The average molecular weight is 247 g/mol. The van der Waals surface area contributed by atoms with Crippen LogP contribution in [0, 0.1) is 0 Å². The molecule has 1 saturated carbocycles. The van der Waals surface area contributed by atoms with E-state index in [1.54, 1.807) is 0 Å². The van der Waals surface area contributed by atoms with Crippen LogP contribution in [0.2, 0.25) is 0 Å². The standard InChI is InChI=1S/C13H17N3S/c14-13(17)16-15-12-9-5-4-8-11(12)10-6-2-1-3-7-10/h1-3,6-7,11H,4-5,8-9H2,(H3,14,16,17)/b15-12-. The van der Waals surface area contributed by atoms with Gasteiger partial charge in [0.05, 0.1) is 0 Å². The van der Waals surface area contributed by atoms with E-state index in [0.717, 1.165) is 18.6 Å². The Morgan fingerprint density at radius 3 is 2.76 bits per heavy atom. The lowest BCUT2D eigenvalue weighted by Crippen LogP contribution is -2.28. The maximum Gasteiger partial charge on any atom is 0.184 e. The number of nitrogens with two attached hydrogens (primary N) is 1. The normalized spacial score (nSPS) is 22.4. The Kier molecular flexibility index (Phi) is 4.09. The van der Waals surface area contributed by atoms with Gasteiger partial charge in [0.15, 0.2) is 5.11 Å². The number of hydrogen-bond acceptors (Lipinski definition) is 2. The molecule has 1 unspecified atom stereocenters. The molecule has 3 N–H and O–H groups in total. The summed E-state index contributed by atoms with van der Waals surface area (Å²) in [6.45, 7) is 0. The van der Waals surface area contributed by atoms with Crippen LogP contribution in [0.15, 0.2) is 35.4 Å². The lowest BCUT2D eigenvalue weighted by Gasteiger charge is -2.24. The Morgan fingerprint density at radius 1 is 1.29 bits per heavy atom. The molecule has 1 fully saturated rings. The molecule has 1 atom stereocenters. The molecule has 1 aliphatic rings. The zero-order valence-electron chi connectivity index (χ0n) is 9.73. The van der Waals surface area contributed by atoms with Gasteiger partial charge in [0.2, 0.25) is 0 Å². The van der Waals surface area contributed by atoms with Gasteiger partial charge in [-0.25, -0.2) is 0 Å². The summed E-state index contributed by atoms with van der Waals surface area (Å²) >= 11 is 4.78. The molecule has 0 spiro atoms. The summed E-state index contributed by atoms with van der Waals surface area (Å²) in [5.74, 6) is 0.409. The summed E-state index contributed by atoms with van der Waals surface area (Å²) in [6, 6.07) is 10.5. The van der Waals surface area contributed by atoms with Gasteiger partial charge in [-0.3, -0.25) is 5.43 Å². The fourth-order valence-corrected chi connectivity index (χ4v) is 2.35. The van der Waals surface area contributed by atoms with Crippen molar-refractivity contribution < 1.29 is 0 Å². The van der Waals surface area contributed by atoms with Gasteiger partial charge < -0.3 is 5.73 Å². The van der Waals surface area contributed by atoms with Gasteiger partial charge >= 0.3 is 0 Å². The molecule has 0 amide bonds. The van der Waals surface area contributed by atoms with Crippen LogP contribution in [0.25, 0.3) is 0 Å². The van der Waals surface area contributed by atoms with Crippen LogP contribution in [-0.4, -0.2) is 10.8 Å². The number of rotatable bonds is 2. The quantitative estimate of drug-likeness (QED) is 0.623. The smallest absolute Gasteiger partial charge is 0.184 e. The zero-order chi connectivity index (χ0) is 12.1. The van der Waals surface area contributed by atoms with Gasteiger partial charge in [-0.2, -0.15) is 5.10 Å². The third kappa shape index (κ3) is 3.27. The van der Waals surface area contributed by atoms with Gasteiger partial charge in [0, 0.05) is 11.6 Å². The molecule has 4 heteroatoms. The van der Waals surface area contributed by atoms with Crippen LogP contribution in [-0.2, 0) is 0 Å².